The standard InChI is InChI=1S/C25H24/c1-3-21-23-17-11-10-16-22(23)18(2)24(21)25(19-12-6-4-7-13-19)20-14-8-5-9-15-20/h4-18,25H,3H2,1-2H3. The summed E-state index contributed by atoms with van der Waals surface area (Å²) in [4.78, 5) is 0. The lowest BCUT2D eigenvalue weighted by Gasteiger charge is -2.25. The van der Waals surface area contributed by atoms with Crippen molar-refractivity contribution >= 4 is 5.57 Å². The van der Waals surface area contributed by atoms with E-state index in [0.29, 0.717) is 11.8 Å². The van der Waals surface area contributed by atoms with Crippen molar-refractivity contribution < 1.29 is 0 Å². The summed E-state index contributed by atoms with van der Waals surface area (Å²) in [5.41, 5.74) is 8.79. The Morgan fingerprint density at radius 2 is 1.24 bits per heavy atom. The number of allylic oxidation sites excluding steroid dienone is 2. The van der Waals surface area contributed by atoms with E-state index in [0.717, 1.165) is 6.42 Å². The Morgan fingerprint density at radius 3 is 1.80 bits per heavy atom. The van der Waals surface area contributed by atoms with Crippen molar-refractivity contribution in [1.82, 2.24) is 0 Å². The zero-order valence-electron chi connectivity index (χ0n) is 14.9. The molecule has 0 N–H and O–H groups in total. The summed E-state index contributed by atoms with van der Waals surface area (Å²) in [7, 11) is 0. The van der Waals surface area contributed by atoms with E-state index >= 15 is 0 Å². The van der Waals surface area contributed by atoms with Crippen molar-refractivity contribution in [2.75, 3.05) is 0 Å². The molecule has 0 bridgehead atoms. The van der Waals surface area contributed by atoms with Crippen molar-refractivity contribution in [2.24, 2.45) is 0 Å². The smallest absolute Gasteiger partial charge is 0.0310 e. The van der Waals surface area contributed by atoms with E-state index in [-0.39, 0.29) is 0 Å². The van der Waals surface area contributed by atoms with Crippen LogP contribution < -0.4 is 0 Å². The highest BCUT2D eigenvalue weighted by Crippen LogP contribution is 2.50. The summed E-state index contributed by atoms with van der Waals surface area (Å²) in [6.45, 7) is 4.66. The topological polar surface area (TPSA) is 0 Å². The van der Waals surface area contributed by atoms with Gasteiger partial charge in [0.05, 0.1) is 0 Å². The van der Waals surface area contributed by atoms with E-state index in [1.54, 1.807) is 5.57 Å². The molecular formula is C25H24. The molecule has 0 aliphatic heterocycles. The monoisotopic (exact) mass is 324 g/mol. The average molecular weight is 324 g/mol. The second kappa shape index (κ2) is 6.72. The minimum absolute atomic E-state index is 0.319. The lowest BCUT2D eigenvalue weighted by Crippen LogP contribution is -2.09. The van der Waals surface area contributed by atoms with Crippen molar-refractivity contribution in [2.45, 2.75) is 32.1 Å². The van der Waals surface area contributed by atoms with Crippen LogP contribution in [0.25, 0.3) is 5.57 Å². The first-order chi connectivity index (χ1) is 12.3. The highest BCUT2D eigenvalue weighted by Gasteiger charge is 2.33. The molecule has 3 aromatic carbocycles. The van der Waals surface area contributed by atoms with Gasteiger partial charge in [-0.2, -0.15) is 0 Å². The second-order valence-corrected chi connectivity index (χ2v) is 6.85. The molecule has 0 fully saturated rings. The molecule has 0 saturated carbocycles. The summed E-state index contributed by atoms with van der Waals surface area (Å²) in [5, 5.41) is 0. The van der Waals surface area contributed by atoms with E-state index in [9.17, 15) is 0 Å². The Morgan fingerprint density at radius 1 is 0.720 bits per heavy atom. The summed E-state index contributed by atoms with van der Waals surface area (Å²) >= 11 is 0. The molecule has 25 heavy (non-hydrogen) atoms. The lowest BCUT2D eigenvalue weighted by atomic mass is 9.78. The zero-order chi connectivity index (χ0) is 17.2. The molecule has 0 saturated heterocycles. The van der Waals surface area contributed by atoms with Crippen molar-refractivity contribution in [1.29, 1.82) is 0 Å². The predicted molar refractivity (Wildman–Crippen MR) is 107 cm³/mol. The van der Waals surface area contributed by atoms with Gasteiger partial charge in [0.15, 0.2) is 0 Å². The van der Waals surface area contributed by atoms with E-state index in [4.69, 9.17) is 0 Å². The lowest BCUT2D eigenvalue weighted by molar-refractivity contribution is 0.805. The molecule has 0 amide bonds. The van der Waals surface area contributed by atoms with Gasteiger partial charge in [0, 0.05) is 11.8 Å². The van der Waals surface area contributed by atoms with Crippen molar-refractivity contribution in [3.8, 4) is 0 Å². The van der Waals surface area contributed by atoms with Crippen LogP contribution in [0.4, 0.5) is 0 Å². The molecule has 0 heterocycles. The maximum atomic E-state index is 2.37. The molecule has 3 aromatic rings. The zero-order valence-corrected chi connectivity index (χ0v) is 14.9. The van der Waals surface area contributed by atoms with Crippen LogP contribution in [0.3, 0.4) is 0 Å². The van der Waals surface area contributed by atoms with E-state index in [1.807, 2.05) is 0 Å². The fourth-order valence-electron chi connectivity index (χ4n) is 4.40. The first-order valence-electron chi connectivity index (χ1n) is 9.23. The molecule has 0 aromatic heterocycles. The SMILES string of the molecule is CCC1=C(C(c2ccccc2)c2ccccc2)C(C)c2ccccc21. The van der Waals surface area contributed by atoms with Gasteiger partial charge in [-0.15, -0.1) is 0 Å². The molecule has 4 rings (SSSR count). The Bertz CT molecular complexity index is 848. The Labute approximate surface area is 150 Å². The fourth-order valence-corrected chi connectivity index (χ4v) is 4.40. The Kier molecular flexibility index (Phi) is 4.28. The van der Waals surface area contributed by atoms with Crippen LogP contribution in [-0.4, -0.2) is 0 Å². The quantitative estimate of drug-likeness (QED) is 0.495. The molecule has 1 atom stereocenters. The molecule has 124 valence electrons. The highest BCUT2D eigenvalue weighted by molar-refractivity contribution is 5.80. The maximum absolute atomic E-state index is 2.37. The molecule has 1 aliphatic rings. The number of hydrogen-bond acceptors (Lipinski definition) is 0. The largest absolute Gasteiger partial charge is 0.0622 e. The minimum Gasteiger partial charge on any atom is -0.0622 e. The maximum Gasteiger partial charge on any atom is 0.0310 e. The van der Waals surface area contributed by atoms with Crippen molar-refractivity contribution in [3.63, 3.8) is 0 Å². The van der Waals surface area contributed by atoms with Gasteiger partial charge < -0.3 is 0 Å². The van der Waals surface area contributed by atoms with Gasteiger partial charge in [0.2, 0.25) is 0 Å². The number of rotatable bonds is 4. The van der Waals surface area contributed by atoms with E-state index in [1.165, 1.54) is 27.8 Å². The Balaban J connectivity index is 1.94. The van der Waals surface area contributed by atoms with Crippen LogP contribution >= 0.6 is 0 Å². The summed E-state index contributed by atoms with van der Waals surface area (Å²) in [5.74, 6) is 0.774. The van der Waals surface area contributed by atoms with Gasteiger partial charge in [-0.1, -0.05) is 98.8 Å². The third-order valence-electron chi connectivity index (χ3n) is 5.50. The molecular weight excluding hydrogens is 300 g/mol. The van der Waals surface area contributed by atoms with Gasteiger partial charge in [0.25, 0.3) is 0 Å². The number of benzene rings is 3. The van der Waals surface area contributed by atoms with E-state index in [2.05, 4.69) is 98.8 Å². The molecule has 1 unspecified atom stereocenters. The normalized spacial score (nSPS) is 16.4. The molecule has 1 aliphatic carbocycles. The molecule has 0 nitrogen and oxygen atoms in total. The van der Waals surface area contributed by atoms with Crippen LogP contribution in [0.1, 0.15) is 54.4 Å². The van der Waals surface area contributed by atoms with Gasteiger partial charge in [-0.05, 0) is 39.8 Å². The second-order valence-electron chi connectivity index (χ2n) is 6.85. The van der Waals surface area contributed by atoms with Gasteiger partial charge in [-0.3, -0.25) is 0 Å². The molecule has 0 heteroatoms. The third kappa shape index (κ3) is 2.72. The van der Waals surface area contributed by atoms with Gasteiger partial charge in [-0.25, -0.2) is 0 Å². The number of fused-ring (bicyclic) bond motifs is 1. The van der Waals surface area contributed by atoms with Gasteiger partial charge >= 0.3 is 0 Å². The van der Waals surface area contributed by atoms with Gasteiger partial charge in [0.1, 0.15) is 0 Å². The van der Waals surface area contributed by atoms with Crippen LogP contribution in [-0.2, 0) is 0 Å². The van der Waals surface area contributed by atoms with Crippen LogP contribution in [0.2, 0.25) is 0 Å². The molecule has 0 radical (unpaired) electrons. The summed E-state index contributed by atoms with van der Waals surface area (Å²) < 4.78 is 0. The summed E-state index contributed by atoms with van der Waals surface area (Å²) in [6, 6.07) is 30.9. The van der Waals surface area contributed by atoms with Crippen LogP contribution in [0.5, 0.6) is 0 Å². The minimum atomic E-state index is 0.319. The average Bonchev–Trinajstić information content (AvgIpc) is 2.96. The van der Waals surface area contributed by atoms with Crippen LogP contribution in [0.15, 0.2) is 90.5 Å². The van der Waals surface area contributed by atoms with Crippen LogP contribution in [0, 0.1) is 0 Å². The first kappa shape index (κ1) is 15.9. The Hall–Kier alpha value is -2.60. The first-order valence-corrected chi connectivity index (χ1v) is 9.23. The fraction of sp³-hybridized carbons (Fsp3) is 0.200. The summed E-state index contributed by atoms with van der Waals surface area (Å²) in [6.07, 6.45) is 1.08. The van der Waals surface area contributed by atoms with Crippen molar-refractivity contribution in [3.05, 3.63) is 113 Å². The third-order valence-corrected chi connectivity index (χ3v) is 5.50. The number of hydrogen-bond donors (Lipinski definition) is 0. The highest BCUT2D eigenvalue weighted by atomic mass is 14.4. The predicted octanol–water partition coefficient (Wildman–Crippen LogP) is 6.80. The van der Waals surface area contributed by atoms with E-state index < -0.39 is 0 Å². The molecule has 0 spiro atoms.